The Kier molecular flexibility index (Phi) is 5.20. The maximum Gasteiger partial charge on any atom is 0.242 e. The van der Waals surface area contributed by atoms with Crippen molar-refractivity contribution in [1.29, 1.82) is 0 Å². The number of aliphatic hydroxyl groups is 1. The Balaban J connectivity index is 1.91. The van der Waals surface area contributed by atoms with E-state index in [2.05, 4.69) is 14.6 Å². The molecule has 114 valence electrons. The van der Waals surface area contributed by atoms with Gasteiger partial charge in [-0.15, -0.1) is 0 Å². The van der Waals surface area contributed by atoms with E-state index < -0.39 is 10.0 Å². The van der Waals surface area contributed by atoms with Crippen LogP contribution in [0.2, 0.25) is 0 Å². The second kappa shape index (κ2) is 6.71. The first-order valence-corrected chi connectivity index (χ1v) is 8.53. The van der Waals surface area contributed by atoms with Crippen LogP contribution in [0, 0.1) is 0 Å². The smallest absolute Gasteiger partial charge is 0.242 e. The van der Waals surface area contributed by atoms with Crippen LogP contribution in [0.15, 0.2) is 17.2 Å². The largest absolute Gasteiger partial charge is 0.390 e. The minimum atomic E-state index is -3.50. The molecule has 7 heteroatoms. The van der Waals surface area contributed by atoms with Gasteiger partial charge in [-0.2, -0.15) is 0 Å². The number of rotatable bonds is 6. The summed E-state index contributed by atoms with van der Waals surface area (Å²) < 4.78 is 26.9. The number of aromatic amines is 1. The van der Waals surface area contributed by atoms with Crippen molar-refractivity contribution in [1.82, 2.24) is 14.6 Å². The monoisotopic (exact) mass is 301 g/mol. The molecule has 6 nitrogen and oxygen atoms in total. The van der Waals surface area contributed by atoms with E-state index >= 15 is 0 Å². The third-order valence-electron chi connectivity index (χ3n) is 3.78. The Morgan fingerprint density at radius 2 is 2.10 bits per heavy atom. The van der Waals surface area contributed by atoms with Gasteiger partial charge in [0.1, 0.15) is 0 Å². The standard InChI is InChI=1S/C13H23N3O3S/c1-11(16-5-3-2-4-6-16)8-15-20(18,19)13-7-12(10-17)14-9-13/h7,9,11,14-15,17H,2-6,8,10H2,1H3. The average molecular weight is 301 g/mol. The first-order chi connectivity index (χ1) is 9.53. The Labute approximate surface area is 120 Å². The van der Waals surface area contributed by atoms with Crippen LogP contribution in [-0.4, -0.2) is 49.1 Å². The third-order valence-corrected chi connectivity index (χ3v) is 5.18. The Hall–Kier alpha value is -0.890. The fraction of sp³-hybridized carbons (Fsp3) is 0.692. The maximum absolute atomic E-state index is 12.1. The molecule has 1 atom stereocenters. The van der Waals surface area contributed by atoms with Gasteiger partial charge < -0.3 is 10.1 Å². The molecule has 0 saturated carbocycles. The molecule has 2 heterocycles. The van der Waals surface area contributed by atoms with Crippen molar-refractivity contribution < 1.29 is 13.5 Å². The van der Waals surface area contributed by atoms with Crippen LogP contribution in [0.3, 0.4) is 0 Å². The molecule has 1 aromatic heterocycles. The number of aromatic nitrogens is 1. The van der Waals surface area contributed by atoms with Gasteiger partial charge in [0, 0.05) is 24.5 Å². The molecule has 3 N–H and O–H groups in total. The minimum absolute atomic E-state index is 0.174. The molecule has 1 aliphatic rings. The molecule has 0 aromatic carbocycles. The summed E-state index contributed by atoms with van der Waals surface area (Å²) in [5.41, 5.74) is 0.495. The van der Waals surface area contributed by atoms with Gasteiger partial charge in [-0.3, -0.25) is 4.90 Å². The van der Waals surface area contributed by atoms with E-state index in [1.54, 1.807) is 0 Å². The summed E-state index contributed by atoms with van der Waals surface area (Å²) in [7, 11) is -3.50. The summed E-state index contributed by atoms with van der Waals surface area (Å²) in [5, 5.41) is 8.95. The van der Waals surface area contributed by atoms with Crippen LogP contribution in [0.4, 0.5) is 0 Å². The summed E-state index contributed by atoms with van der Waals surface area (Å²) in [6.45, 7) is 4.34. The zero-order valence-corrected chi connectivity index (χ0v) is 12.6. The van der Waals surface area contributed by atoms with Gasteiger partial charge >= 0.3 is 0 Å². The van der Waals surface area contributed by atoms with Gasteiger partial charge in [0.25, 0.3) is 0 Å². The SMILES string of the molecule is CC(CNS(=O)(=O)c1c[nH]c(CO)c1)N1CCCCC1. The number of H-pyrrole nitrogens is 1. The van der Waals surface area contributed by atoms with E-state index in [-0.39, 0.29) is 17.5 Å². The molecular weight excluding hydrogens is 278 g/mol. The summed E-state index contributed by atoms with van der Waals surface area (Å²) in [4.78, 5) is 5.23. The zero-order valence-electron chi connectivity index (χ0n) is 11.8. The van der Waals surface area contributed by atoms with Gasteiger partial charge in [0.2, 0.25) is 10.0 Å². The molecule has 1 aliphatic heterocycles. The molecule has 0 bridgehead atoms. The third kappa shape index (κ3) is 3.82. The highest BCUT2D eigenvalue weighted by atomic mass is 32.2. The second-order valence-corrected chi connectivity index (χ2v) is 7.08. The molecule has 1 aromatic rings. The number of hydrogen-bond acceptors (Lipinski definition) is 4. The highest BCUT2D eigenvalue weighted by Gasteiger charge is 2.20. The number of nitrogens with zero attached hydrogens (tertiary/aromatic N) is 1. The van der Waals surface area contributed by atoms with Crippen molar-refractivity contribution in [3.63, 3.8) is 0 Å². The Bertz CT molecular complexity index is 521. The fourth-order valence-electron chi connectivity index (χ4n) is 2.47. The van der Waals surface area contributed by atoms with Crippen molar-refractivity contribution in [2.24, 2.45) is 0 Å². The van der Waals surface area contributed by atoms with Crippen molar-refractivity contribution in [3.05, 3.63) is 18.0 Å². The topological polar surface area (TPSA) is 85.4 Å². The van der Waals surface area contributed by atoms with Crippen LogP contribution in [0.25, 0.3) is 0 Å². The van der Waals surface area contributed by atoms with Crippen LogP contribution in [0.5, 0.6) is 0 Å². The highest BCUT2D eigenvalue weighted by molar-refractivity contribution is 7.89. The van der Waals surface area contributed by atoms with E-state index in [1.807, 2.05) is 6.92 Å². The van der Waals surface area contributed by atoms with E-state index in [9.17, 15) is 8.42 Å². The summed E-state index contributed by atoms with van der Waals surface area (Å²) >= 11 is 0. The number of sulfonamides is 1. The van der Waals surface area contributed by atoms with Gasteiger partial charge in [-0.05, 0) is 38.9 Å². The Morgan fingerprint density at radius 3 is 2.70 bits per heavy atom. The minimum Gasteiger partial charge on any atom is -0.390 e. The molecule has 0 spiro atoms. The first-order valence-electron chi connectivity index (χ1n) is 7.05. The molecule has 2 rings (SSSR count). The molecule has 0 radical (unpaired) electrons. The van der Waals surface area contributed by atoms with E-state index in [0.29, 0.717) is 12.2 Å². The summed E-state index contributed by atoms with van der Waals surface area (Å²) in [6.07, 6.45) is 5.05. The summed E-state index contributed by atoms with van der Waals surface area (Å²) in [6, 6.07) is 1.65. The van der Waals surface area contributed by atoms with E-state index in [0.717, 1.165) is 13.1 Å². The lowest BCUT2D eigenvalue weighted by atomic mass is 10.1. The summed E-state index contributed by atoms with van der Waals surface area (Å²) in [5.74, 6) is 0. The van der Waals surface area contributed by atoms with Crippen LogP contribution in [0.1, 0.15) is 31.9 Å². The molecule has 0 aliphatic carbocycles. The fourth-order valence-corrected chi connectivity index (χ4v) is 3.61. The zero-order chi connectivity index (χ0) is 14.6. The molecule has 0 amide bonds. The average Bonchev–Trinajstić information content (AvgIpc) is 2.95. The molecular formula is C13H23N3O3S. The van der Waals surface area contributed by atoms with Crippen molar-refractivity contribution in [3.8, 4) is 0 Å². The normalized spacial score (nSPS) is 19.1. The molecule has 1 fully saturated rings. The molecule has 20 heavy (non-hydrogen) atoms. The first kappa shape index (κ1) is 15.5. The van der Waals surface area contributed by atoms with Crippen molar-refractivity contribution >= 4 is 10.0 Å². The number of piperidine rings is 1. The van der Waals surface area contributed by atoms with E-state index in [1.165, 1.54) is 31.5 Å². The number of nitrogens with one attached hydrogen (secondary N) is 2. The van der Waals surface area contributed by atoms with Crippen LogP contribution < -0.4 is 4.72 Å². The van der Waals surface area contributed by atoms with Crippen molar-refractivity contribution in [2.45, 2.75) is 43.7 Å². The van der Waals surface area contributed by atoms with Gasteiger partial charge in [0.15, 0.2) is 0 Å². The lowest BCUT2D eigenvalue weighted by molar-refractivity contribution is 0.175. The molecule has 1 saturated heterocycles. The predicted molar refractivity (Wildman–Crippen MR) is 76.8 cm³/mol. The number of aliphatic hydroxyl groups excluding tert-OH is 1. The predicted octanol–water partition coefficient (Wildman–Crippen LogP) is 0.660. The quantitative estimate of drug-likeness (QED) is 0.720. The van der Waals surface area contributed by atoms with Gasteiger partial charge in [-0.25, -0.2) is 13.1 Å². The highest BCUT2D eigenvalue weighted by Crippen LogP contribution is 2.13. The van der Waals surface area contributed by atoms with Gasteiger partial charge in [-0.1, -0.05) is 6.42 Å². The van der Waals surface area contributed by atoms with Crippen molar-refractivity contribution in [2.75, 3.05) is 19.6 Å². The van der Waals surface area contributed by atoms with Crippen LogP contribution in [-0.2, 0) is 16.6 Å². The molecule has 1 unspecified atom stereocenters. The maximum atomic E-state index is 12.1. The van der Waals surface area contributed by atoms with Crippen LogP contribution >= 0.6 is 0 Å². The number of likely N-dealkylation sites (tertiary alicyclic amines) is 1. The Morgan fingerprint density at radius 1 is 1.40 bits per heavy atom. The van der Waals surface area contributed by atoms with Gasteiger partial charge in [0.05, 0.1) is 11.5 Å². The second-order valence-electron chi connectivity index (χ2n) is 5.32. The lowest BCUT2D eigenvalue weighted by Gasteiger charge is -2.32. The number of hydrogen-bond donors (Lipinski definition) is 3. The van der Waals surface area contributed by atoms with E-state index in [4.69, 9.17) is 5.11 Å². The lowest BCUT2D eigenvalue weighted by Crippen LogP contribution is -2.44.